The summed E-state index contributed by atoms with van der Waals surface area (Å²) in [6.07, 6.45) is -1.25. The van der Waals surface area contributed by atoms with Crippen LogP contribution in [-0.2, 0) is 6.42 Å². The van der Waals surface area contributed by atoms with Crippen molar-refractivity contribution in [3.63, 3.8) is 0 Å². The van der Waals surface area contributed by atoms with Gasteiger partial charge in [-0.05, 0) is 77.2 Å². The third-order valence-corrected chi connectivity index (χ3v) is 5.70. The largest absolute Gasteiger partial charge is 0.429 e. The Morgan fingerprint density at radius 3 is 1.89 bits per heavy atom. The standard InChI is InChI=1S/C30H22F6O/c1-2-3-19-4-6-20(7-5-19)21-8-13-25(27(32)16-21)22-17-28(33)26(29(34)18-22)14-15-30(35,36)37-24-11-9-23(31)10-12-24/h4-18H,2-3H2,1H3. The van der Waals surface area contributed by atoms with Crippen LogP contribution in [-0.4, -0.2) is 6.11 Å². The second kappa shape index (κ2) is 10.9. The minimum absolute atomic E-state index is 0.0374. The van der Waals surface area contributed by atoms with Gasteiger partial charge in [0.2, 0.25) is 0 Å². The van der Waals surface area contributed by atoms with E-state index in [1.54, 1.807) is 6.07 Å². The number of benzene rings is 4. The van der Waals surface area contributed by atoms with Gasteiger partial charge in [-0.1, -0.05) is 49.7 Å². The van der Waals surface area contributed by atoms with E-state index in [9.17, 15) is 26.3 Å². The van der Waals surface area contributed by atoms with Crippen LogP contribution in [0.2, 0.25) is 0 Å². The second-order valence-corrected chi connectivity index (χ2v) is 8.45. The summed E-state index contributed by atoms with van der Waals surface area (Å²) >= 11 is 0. The van der Waals surface area contributed by atoms with Crippen molar-refractivity contribution < 1.29 is 31.1 Å². The van der Waals surface area contributed by atoms with Crippen LogP contribution in [0.5, 0.6) is 5.75 Å². The Hall–Kier alpha value is -4.00. The smallest absolute Gasteiger partial charge is 0.419 e. The van der Waals surface area contributed by atoms with Crippen molar-refractivity contribution >= 4 is 6.08 Å². The fourth-order valence-electron chi connectivity index (χ4n) is 3.85. The van der Waals surface area contributed by atoms with Crippen LogP contribution in [0.3, 0.4) is 0 Å². The summed E-state index contributed by atoms with van der Waals surface area (Å²) in [6, 6.07) is 17.6. The van der Waals surface area contributed by atoms with E-state index in [0.717, 1.165) is 54.8 Å². The Morgan fingerprint density at radius 1 is 0.703 bits per heavy atom. The van der Waals surface area contributed by atoms with E-state index in [0.29, 0.717) is 11.6 Å². The number of hydrogen-bond acceptors (Lipinski definition) is 1. The number of hydrogen-bond donors (Lipinski definition) is 0. The maximum absolute atomic E-state index is 14.9. The molecule has 0 aliphatic heterocycles. The Labute approximate surface area is 210 Å². The van der Waals surface area contributed by atoms with Crippen LogP contribution >= 0.6 is 0 Å². The third-order valence-electron chi connectivity index (χ3n) is 5.70. The average molecular weight is 512 g/mol. The molecule has 0 saturated carbocycles. The molecule has 0 amide bonds. The fraction of sp³-hybridized carbons (Fsp3) is 0.133. The first-order chi connectivity index (χ1) is 17.6. The number of alkyl halides is 2. The molecular formula is C30H22F6O. The Kier molecular flexibility index (Phi) is 7.71. The van der Waals surface area contributed by atoms with Crippen molar-refractivity contribution in [1.82, 2.24) is 0 Å². The molecule has 4 rings (SSSR count). The summed E-state index contributed by atoms with van der Waals surface area (Å²) in [4.78, 5) is 0. The quantitative estimate of drug-likeness (QED) is 0.214. The van der Waals surface area contributed by atoms with Crippen molar-refractivity contribution in [3.8, 4) is 28.0 Å². The number of aryl methyl sites for hydroxylation is 1. The average Bonchev–Trinajstić information content (AvgIpc) is 2.85. The highest BCUT2D eigenvalue weighted by Gasteiger charge is 2.28. The Bertz CT molecular complexity index is 1390. The third kappa shape index (κ3) is 6.42. The highest BCUT2D eigenvalue weighted by atomic mass is 19.3. The molecule has 190 valence electrons. The Morgan fingerprint density at radius 2 is 1.30 bits per heavy atom. The van der Waals surface area contributed by atoms with Gasteiger partial charge in [-0.25, -0.2) is 17.6 Å². The van der Waals surface area contributed by atoms with Crippen molar-refractivity contribution in [1.29, 1.82) is 0 Å². The molecule has 0 radical (unpaired) electrons. The minimum atomic E-state index is -3.92. The maximum Gasteiger partial charge on any atom is 0.419 e. The van der Waals surface area contributed by atoms with Crippen LogP contribution < -0.4 is 4.74 Å². The summed E-state index contributed by atoms with van der Waals surface area (Å²) in [5, 5.41) is 0. The first-order valence-corrected chi connectivity index (χ1v) is 11.5. The first-order valence-electron chi connectivity index (χ1n) is 11.5. The van der Waals surface area contributed by atoms with Crippen LogP contribution in [0, 0.1) is 23.3 Å². The summed E-state index contributed by atoms with van der Waals surface area (Å²) in [5.74, 6) is -3.96. The van der Waals surface area contributed by atoms with E-state index in [2.05, 4.69) is 11.7 Å². The number of halogens is 6. The fourth-order valence-corrected chi connectivity index (χ4v) is 3.85. The molecule has 4 aromatic carbocycles. The molecule has 0 heterocycles. The zero-order valence-electron chi connectivity index (χ0n) is 19.8. The van der Waals surface area contributed by atoms with E-state index < -0.39 is 34.9 Å². The molecule has 0 aliphatic carbocycles. The van der Waals surface area contributed by atoms with Crippen molar-refractivity contribution in [2.75, 3.05) is 0 Å². The molecule has 7 heteroatoms. The van der Waals surface area contributed by atoms with Crippen molar-refractivity contribution in [2.45, 2.75) is 25.9 Å². The molecule has 1 nitrogen and oxygen atoms in total. The van der Waals surface area contributed by atoms with Crippen LogP contribution in [0.4, 0.5) is 26.3 Å². The molecule has 4 aromatic rings. The van der Waals surface area contributed by atoms with Gasteiger partial charge in [-0.2, -0.15) is 8.78 Å². The van der Waals surface area contributed by atoms with Gasteiger partial charge in [0.05, 0.1) is 0 Å². The van der Waals surface area contributed by atoms with Crippen molar-refractivity contribution in [3.05, 3.63) is 119 Å². The molecule has 0 aromatic heterocycles. The summed E-state index contributed by atoms with van der Waals surface area (Å²) in [6.45, 7) is 2.08. The predicted molar refractivity (Wildman–Crippen MR) is 132 cm³/mol. The molecule has 0 saturated heterocycles. The highest BCUT2D eigenvalue weighted by Crippen LogP contribution is 2.31. The second-order valence-electron chi connectivity index (χ2n) is 8.45. The molecule has 0 atom stereocenters. The Balaban J connectivity index is 1.55. The summed E-state index contributed by atoms with van der Waals surface area (Å²) in [7, 11) is 0. The lowest BCUT2D eigenvalue weighted by Crippen LogP contribution is -2.21. The zero-order chi connectivity index (χ0) is 26.6. The zero-order valence-corrected chi connectivity index (χ0v) is 19.8. The van der Waals surface area contributed by atoms with Crippen LogP contribution in [0.25, 0.3) is 28.3 Å². The van der Waals surface area contributed by atoms with Gasteiger partial charge in [0.25, 0.3) is 0 Å². The number of ether oxygens (including phenoxy) is 1. The van der Waals surface area contributed by atoms with E-state index in [-0.39, 0.29) is 23.0 Å². The van der Waals surface area contributed by atoms with Gasteiger partial charge in [0.15, 0.2) is 0 Å². The minimum Gasteiger partial charge on any atom is -0.429 e. The van der Waals surface area contributed by atoms with Crippen LogP contribution in [0.1, 0.15) is 24.5 Å². The highest BCUT2D eigenvalue weighted by molar-refractivity contribution is 5.72. The lowest BCUT2D eigenvalue weighted by Gasteiger charge is -2.14. The molecule has 0 N–H and O–H groups in total. The molecule has 37 heavy (non-hydrogen) atoms. The summed E-state index contributed by atoms with van der Waals surface area (Å²) in [5.41, 5.74) is 1.71. The van der Waals surface area contributed by atoms with E-state index >= 15 is 0 Å². The molecular weight excluding hydrogens is 490 g/mol. The molecule has 0 bridgehead atoms. The van der Waals surface area contributed by atoms with Crippen LogP contribution in [0.15, 0.2) is 84.9 Å². The topological polar surface area (TPSA) is 9.23 Å². The SMILES string of the molecule is CCCc1ccc(-c2ccc(-c3cc(F)c(C=CC(F)(F)Oc4ccc(F)cc4)c(F)c3)c(F)c2)cc1. The van der Waals surface area contributed by atoms with Gasteiger partial charge < -0.3 is 4.74 Å². The van der Waals surface area contributed by atoms with E-state index in [4.69, 9.17) is 0 Å². The van der Waals surface area contributed by atoms with Gasteiger partial charge >= 0.3 is 6.11 Å². The molecule has 0 spiro atoms. The van der Waals surface area contributed by atoms with Gasteiger partial charge in [-0.3, -0.25) is 0 Å². The van der Waals surface area contributed by atoms with E-state index in [1.807, 2.05) is 24.3 Å². The lowest BCUT2D eigenvalue weighted by atomic mass is 9.97. The van der Waals surface area contributed by atoms with Gasteiger partial charge in [0, 0.05) is 17.2 Å². The molecule has 0 aliphatic rings. The van der Waals surface area contributed by atoms with Crippen molar-refractivity contribution in [2.24, 2.45) is 0 Å². The monoisotopic (exact) mass is 512 g/mol. The van der Waals surface area contributed by atoms with Gasteiger partial charge in [-0.15, -0.1) is 0 Å². The van der Waals surface area contributed by atoms with E-state index in [1.165, 1.54) is 17.7 Å². The normalized spacial score (nSPS) is 11.8. The number of rotatable bonds is 8. The predicted octanol–water partition coefficient (Wildman–Crippen LogP) is 9.21. The molecule has 0 fully saturated rings. The summed E-state index contributed by atoms with van der Waals surface area (Å²) < 4.78 is 89.9. The first kappa shape index (κ1) is 26.1. The molecule has 0 unspecified atom stereocenters. The lowest BCUT2D eigenvalue weighted by molar-refractivity contribution is -0.130. The maximum atomic E-state index is 14.9. The van der Waals surface area contributed by atoms with Gasteiger partial charge in [0.1, 0.15) is 29.0 Å².